The lowest BCUT2D eigenvalue weighted by Crippen LogP contribution is -2.41. The molecule has 0 heterocycles. The Balaban J connectivity index is 3.07. The molecule has 0 saturated heterocycles. The van der Waals surface area contributed by atoms with Crippen molar-refractivity contribution in [3.8, 4) is 0 Å². The van der Waals surface area contributed by atoms with E-state index in [0.29, 0.717) is 18.4 Å². The van der Waals surface area contributed by atoms with E-state index in [-0.39, 0.29) is 18.8 Å². The van der Waals surface area contributed by atoms with Crippen LogP contribution in [0.2, 0.25) is 0 Å². The monoisotopic (exact) mass is 287 g/mol. The molecule has 0 fully saturated rings. The van der Waals surface area contributed by atoms with Crippen LogP contribution in [0, 0.1) is 11.6 Å². The van der Waals surface area contributed by atoms with Crippen LogP contribution in [0.5, 0.6) is 0 Å². The van der Waals surface area contributed by atoms with Crippen LogP contribution >= 0.6 is 0 Å². The van der Waals surface area contributed by atoms with Gasteiger partial charge in [0.25, 0.3) is 0 Å². The number of methoxy groups -OCH3 is 1. The molecule has 1 unspecified atom stereocenters. The molecule has 3 N–H and O–H groups in total. The predicted octanol–water partition coefficient (Wildman–Crippen LogP) is 2.36. The first-order valence-corrected chi connectivity index (χ1v) is 6.61. The fourth-order valence-electron chi connectivity index (χ4n) is 2.10. The van der Waals surface area contributed by atoms with Crippen LogP contribution in [0.15, 0.2) is 18.2 Å². The molecule has 0 aliphatic carbocycles. The molecule has 20 heavy (non-hydrogen) atoms. The van der Waals surface area contributed by atoms with Gasteiger partial charge in [-0.2, -0.15) is 0 Å². The average molecular weight is 287 g/mol. The minimum Gasteiger partial charge on any atom is -0.395 e. The molecule has 1 rings (SSSR count). The zero-order chi connectivity index (χ0) is 15.4. The first kappa shape index (κ1) is 17.0. The number of hydrogen-bond acceptors (Lipinski definition) is 3. The first-order chi connectivity index (χ1) is 9.28. The van der Waals surface area contributed by atoms with Crippen LogP contribution in [-0.4, -0.2) is 31.0 Å². The Hall–Kier alpha value is -1.04. The van der Waals surface area contributed by atoms with E-state index >= 15 is 0 Å². The minimum absolute atomic E-state index is 0.103. The van der Waals surface area contributed by atoms with Gasteiger partial charge < -0.3 is 15.6 Å². The van der Waals surface area contributed by atoms with Gasteiger partial charge in [0.05, 0.1) is 12.2 Å². The standard InChI is InChI=1S/C15H23F2NO2/c1-14(2,20-3)4-5-15(9-18,10-19)11-6-12(16)8-13(17)7-11/h6-8,19H,4-5,9-10,18H2,1-3H3. The van der Waals surface area contributed by atoms with Gasteiger partial charge >= 0.3 is 0 Å². The van der Waals surface area contributed by atoms with Crippen molar-refractivity contribution in [1.29, 1.82) is 0 Å². The molecule has 3 nitrogen and oxygen atoms in total. The molecule has 1 aromatic carbocycles. The highest BCUT2D eigenvalue weighted by Crippen LogP contribution is 2.32. The number of ether oxygens (including phenoxy) is 1. The number of halogens is 2. The van der Waals surface area contributed by atoms with Crippen LogP contribution in [-0.2, 0) is 10.2 Å². The molecule has 0 aliphatic heterocycles. The summed E-state index contributed by atoms with van der Waals surface area (Å²) in [5.74, 6) is -1.34. The quantitative estimate of drug-likeness (QED) is 0.809. The van der Waals surface area contributed by atoms with Crippen LogP contribution in [0.3, 0.4) is 0 Å². The third-order valence-corrected chi connectivity index (χ3v) is 3.93. The summed E-state index contributed by atoms with van der Waals surface area (Å²) in [6, 6.07) is 3.26. The Morgan fingerprint density at radius 3 is 2.10 bits per heavy atom. The third kappa shape index (κ3) is 3.98. The average Bonchev–Trinajstić information content (AvgIpc) is 2.39. The maximum absolute atomic E-state index is 13.4. The second kappa shape index (κ2) is 6.61. The molecular formula is C15H23F2NO2. The van der Waals surface area contributed by atoms with Crippen molar-refractivity contribution < 1.29 is 18.6 Å². The SMILES string of the molecule is COC(C)(C)CCC(CN)(CO)c1cc(F)cc(F)c1. The van der Waals surface area contributed by atoms with Crippen LogP contribution in [0.4, 0.5) is 8.78 Å². The topological polar surface area (TPSA) is 55.5 Å². The molecule has 0 bridgehead atoms. The fourth-order valence-corrected chi connectivity index (χ4v) is 2.10. The van der Waals surface area contributed by atoms with Crippen molar-refractivity contribution in [1.82, 2.24) is 0 Å². The molecule has 0 amide bonds. The van der Waals surface area contributed by atoms with E-state index in [1.54, 1.807) is 7.11 Å². The first-order valence-electron chi connectivity index (χ1n) is 6.61. The van der Waals surface area contributed by atoms with Gasteiger partial charge in [-0.1, -0.05) is 0 Å². The Bertz CT molecular complexity index is 425. The third-order valence-electron chi connectivity index (χ3n) is 3.93. The molecule has 114 valence electrons. The highest BCUT2D eigenvalue weighted by Gasteiger charge is 2.33. The zero-order valence-corrected chi connectivity index (χ0v) is 12.2. The van der Waals surface area contributed by atoms with Gasteiger partial charge in [0.1, 0.15) is 11.6 Å². The lowest BCUT2D eigenvalue weighted by atomic mass is 9.75. The fraction of sp³-hybridized carbons (Fsp3) is 0.600. The second-order valence-electron chi connectivity index (χ2n) is 5.76. The van der Waals surface area contributed by atoms with Crippen LogP contribution in [0.1, 0.15) is 32.3 Å². The van der Waals surface area contributed by atoms with E-state index in [0.717, 1.165) is 6.07 Å². The van der Waals surface area contributed by atoms with Gasteiger partial charge in [0, 0.05) is 25.1 Å². The molecule has 0 saturated carbocycles. The van der Waals surface area contributed by atoms with Gasteiger partial charge in [0.15, 0.2) is 0 Å². The Labute approximate surface area is 118 Å². The summed E-state index contributed by atoms with van der Waals surface area (Å²) in [5, 5.41) is 9.72. The van der Waals surface area contributed by atoms with Crippen LogP contribution in [0.25, 0.3) is 0 Å². The van der Waals surface area contributed by atoms with Crippen molar-refractivity contribution in [3.63, 3.8) is 0 Å². The molecule has 0 aliphatic rings. The number of nitrogens with two attached hydrogens (primary N) is 1. The summed E-state index contributed by atoms with van der Waals surface area (Å²) in [5.41, 5.74) is 4.91. The van der Waals surface area contributed by atoms with Crippen LogP contribution < -0.4 is 5.73 Å². The molecular weight excluding hydrogens is 264 g/mol. The molecule has 0 spiro atoms. The van der Waals surface area contributed by atoms with Crippen molar-refractivity contribution in [2.75, 3.05) is 20.3 Å². The molecule has 0 aromatic heterocycles. The van der Waals surface area contributed by atoms with E-state index in [1.807, 2.05) is 13.8 Å². The smallest absolute Gasteiger partial charge is 0.126 e. The summed E-state index contributed by atoms with van der Waals surface area (Å²) in [7, 11) is 1.60. The highest BCUT2D eigenvalue weighted by molar-refractivity contribution is 5.28. The van der Waals surface area contributed by atoms with Gasteiger partial charge in [0.2, 0.25) is 0 Å². The van der Waals surface area contributed by atoms with Gasteiger partial charge in [-0.15, -0.1) is 0 Å². The normalized spacial score (nSPS) is 15.2. The van der Waals surface area contributed by atoms with Gasteiger partial charge in [-0.3, -0.25) is 0 Å². The largest absolute Gasteiger partial charge is 0.395 e. The maximum atomic E-state index is 13.4. The zero-order valence-electron chi connectivity index (χ0n) is 12.2. The van der Waals surface area contributed by atoms with Gasteiger partial charge in [-0.05, 0) is 44.4 Å². The Morgan fingerprint density at radius 1 is 1.15 bits per heavy atom. The molecule has 0 radical (unpaired) electrons. The van der Waals surface area contributed by atoms with Crippen molar-refractivity contribution in [3.05, 3.63) is 35.4 Å². The number of rotatable bonds is 7. The molecule has 1 atom stereocenters. The summed E-state index contributed by atoms with van der Waals surface area (Å²) in [6.07, 6.45) is 1.09. The van der Waals surface area contributed by atoms with Crippen molar-refractivity contribution in [2.24, 2.45) is 5.73 Å². The van der Waals surface area contributed by atoms with Crippen molar-refractivity contribution in [2.45, 2.75) is 37.7 Å². The number of hydrogen-bond donors (Lipinski definition) is 2. The van der Waals surface area contributed by atoms with E-state index in [4.69, 9.17) is 10.5 Å². The molecule has 1 aromatic rings. The highest BCUT2D eigenvalue weighted by atomic mass is 19.1. The summed E-state index contributed by atoms with van der Waals surface area (Å²) in [6.45, 7) is 3.66. The minimum atomic E-state index is -0.862. The Morgan fingerprint density at radius 2 is 1.70 bits per heavy atom. The number of aliphatic hydroxyl groups excluding tert-OH is 1. The van der Waals surface area contributed by atoms with E-state index in [2.05, 4.69) is 0 Å². The van der Waals surface area contributed by atoms with E-state index < -0.39 is 17.0 Å². The van der Waals surface area contributed by atoms with E-state index in [1.165, 1.54) is 12.1 Å². The summed E-state index contributed by atoms with van der Waals surface area (Å²) < 4.78 is 32.1. The summed E-state index contributed by atoms with van der Waals surface area (Å²) >= 11 is 0. The lowest BCUT2D eigenvalue weighted by Gasteiger charge is -2.34. The lowest BCUT2D eigenvalue weighted by molar-refractivity contribution is 0.00582. The number of benzene rings is 1. The second-order valence-corrected chi connectivity index (χ2v) is 5.76. The Kier molecular flexibility index (Phi) is 5.62. The number of aliphatic hydroxyl groups is 1. The van der Waals surface area contributed by atoms with Crippen molar-refractivity contribution >= 4 is 0 Å². The van der Waals surface area contributed by atoms with Gasteiger partial charge in [-0.25, -0.2) is 8.78 Å². The van der Waals surface area contributed by atoms with E-state index in [9.17, 15) is 13.9 Å². The molecule has 5 heteroatoms. The predicted molar refractivity (Wildman–Crippen MR) is 74.5 cm³/mol. The maximum Gasteiger partial charge on any atom is 0.126 e. The summed E-state index contributed by atoms with van der Waals surface area (Å²) in [4.78, 5) is 0.